The molecule has 1 N–H and O–H groups in total. The van der Waals surface area contributed by atoms with Crippen LogP contribution in [-0.4, -0.2) is 35.5 Å². The number of furan rings is 1. The second-order valence-electron chi connectivity index (χ2n) is 6.14. The molecule has 1 aliphatic heterocycles. The summed E-state index contributed by atoms with van der Waals surface area (Å²) in [5, 5.41) is 2.85. The van der Waals surface area contributed by atoms with E-state index in [0.29, 0.717) is 29.9 Å². The first-order chi connectivity index (χ1) is 11.0. The van der Waals surface area contributed by atoms with Crippen molar-refractivity contribution < 1.29 is 23.5 Å². The predicted molar refractivity (Wildman–Crippen MR) is 79.7 cm³/mol. The molecule has 7 nitrogen and oxygen atoms in total. The van der Waals surface area contributed by atoms with Gasteiger partial charge in [0.2, 0.25) is 0 Å². The summed E-state index contributed by atoms with van der Waals surface area (Å²) in [5.41, 5.74) is -0.441. The Bertz CT molecular complexity index is 657. The van der Waals surface area contributed by atoms with E-state index in [4.69, 9.17) is 4.42 Å². The zero-order chi connectivity index (χ0) is 16.6. The minimum Gasteiger partial charge on any atom is -0.465 e. The van der Waals surface area contributed by atoms with Crippen molar-refractivity contribution in [3.05, 3.63) is 23.2 Å². The van der Waals surface area contributed by atoms with E-state index in [1.54, 1.807) is 6.92 Å². The quantitative estimate of drug-likeness (QED) is 0.681. The highest BCUT2D eigenvalue weighted by molar-refractivity contribution is 6.07. The molecule has 0 radical (unpaired) electrons. The lowest BCUT2D eigenvalue weighted by molar-refractivity contribution is -0.133. The molecule has 1 saturated heterocycles. The second kappa shape index (κ2) is 5.72. The number of nitrogens with zero attached hydrogens (tertiary/aromatic N) is 1. The summed E-state index contributed by atoms with van der Waals surface area (Å²) in [7, 11) is 1.29. The van der Waals surface area contributed by atoms with Crippen molar-refractivity contribution in [2.75, 3.05) is 7.11 Å². The Labute approximate surface area is 134 Å². The van der Waals surface area contributed by atoms with Crippen LogP contribution in [0.1, 0.15) is 54.0 Å². The SMILES string of the molecule is COC(=O)c1cc(CN2C(=O)NC3(CCCCC3)C2=O)oc1C. The van der Waals surface area contributed by atoms with Crippen LogP contribution >= 0.6 is 0 Å². The summed E-state index contributed by atoms with van der Waals surface area (Å²) in [6.07, 6.45) is 4.32. The maximum absolute atomic E-state index is 12.7. The van der Waals surface area contributed by atoms with Crippen molar-refractivity contribution in [2.45, 2.75) is 51.1 Å². The van der Waals surface area contributed by atoms with Gasteiger partial charge in [0.05, 0.1) is 13.7 Å². The standard InChI is InChI=1S/C16H20N2O5/c1-10-12(13(19)22-2)8-11(23-10)9-18-14(20)16(17-15(18)21)6-4-3-5-7-16/h8H,3-7,9H2,1-2H3,(H,17,21). The number of carbonyl (C=O) groups excluding carboxylic acids is 3. The maximum atomic E-state index is 12.7. The third kappa shape index (κ3) is 2.60. The van der Waals surface area contributed by atoms with E-state index in [-0.39, 0.29) is 12.5 Å². The van der Waals surface area contributed by atoms with Gasteiger partial charge in [-0.25, -0.2) is 9.59 Å². The molecule has 7 heteroatoms. The van der Waals surface area contributed by atoms with E-state index in [1.807, 2.05) is 0 Å². The van der Waals surface area contributed by atoms with Crippen LogP contribution in [0.2, 0.25) is 0 Å². The molecule has 2 fully saturated rings. The Morgan fingerprint density at radius 2 is 2.04 bits per heavy atom. The van der Waals surface area contributed by atoms with Gasteiger partial charge >= 0.3 is 12.0 Å². The van der Waals surface area contributed by atoms with Crippen LogP contribution in [0.25, 0.3) is 0 Å². The first-order valence-electron chi connectivity index (χ1n) is 7.78. The Hall–Kier alpha value is -2.31. The Morgan fingerprint density at radius 1 is 1.35 bits per heavy atom. The van der Waals surface area contributed by atoms with Gasteiger partial charge in [-0.05, 0) is 25.8 Å². The zero-order valence-corrected chi connectivity index (χ0v) is 13.3. The fourth-order valence-corrected chi connectivity index (χ4v) is 3.40. The van der Waals surface area contributed by atoms with Crippen LogP contribution in [0.4, 0.5) is 4.79 Å². The number of methoxy groups -OCH3 is 1. The first kappa shape index (κ1) is 15.6. The maximum Gasteiger partial charge on any atom is 0.341 e. The molecule has 3 rings (SSSR count). The molecule has 23 heavy (non-hydrogen) atoms. The lowest BCUT2D eigenvalue weighted by atomic mass is 9.82. The molecule has 1 aromatic heterocycles. The fraction of sp³-hybridized carbons (Fsp3) is 0.562. The Balaban J connectivity index is 1.79. The number of hydrogen-bond acceptors (Lipinski definition) is 5. The molecule has 0 atom stereocenters. The fourth-order valence-electron chi connectivity index (χ4n) is 3.40. The third-order valence-electron chi connectivity index (χ3n) is 4.64. The molecule has 1 aromatic rings. The number of amides is 3. The van der Waals surface area contributed by atoms with Gasteiger partial charge in [0.25, 0.3) is 5.91 Å². The lowest BCUT2D eigenvalue weighted by Gasteiger charge is -2.30. The second-order valence-corrected chi connectivity index (χ2v) is 6.14. The Morgan fingerprint density at radius 3 is 2.70 bits per heavy atom. The molecule has 1 spiro atoms. The van der Waals surface area contributed by atoms with Crippen LogP contribution in [0.3, 0.4) is 0 Å². The zero-order valence-electron chi connectivity index (χ0n) is 13.3. The first-order valence-corrected chi connectivity index (χ1v) is 7.78. The Kier molecular flexibility index (Phi) is 3.87. The number of aryl methyl sites for hydroxylation is 1. The van der Waals surface area contributed by atoms with Crippen molar-refractivity contribution in [1.82, 2.24) is 10.2 Å². The van der Waals surface area contributed by atoms with Gasteiger partial charge in [-0.15, -0.1) is 0 Å². The molecule has 1 aliphatic carbocycles. The van der Waals surface area contributed by atoms with Gasteiger partial charge in [-0.3, -0.25) is 9.69 Å². The van der Waals surface area contributed by atoms with Gasteiger partial charge in [-0.1, -0.05) is 19.3 Å². The number of urea groups is 1. The van der Waals surface area contributed by atoms with Crippen LogP contribution in [0.5, 0.6) is 0 Å². The summed E-state index contributed by atoms with van der Waals surface area (Å²) >= 11 is 0. The topological polar surface area (TPSA) is 88.9 Å². The average molecular weight is 320 g/mol. The molecule has 0 aromatic carbocycles. The third-order valence-corrected chi connectivity index (χ3v) is 4.64. The highest BCUT2D eigenvalue weighted by atomic mass is 16.5. The molecular formula is C16H20N2O5. The average Bonchev–Trinajstić information content (AvgIpc) is 3.01. The molecule has 2 heterocycles. The number of carbonyl (C=O) groups is 3. The summed E-state index contributed by atoms with van der Waals surface area (Å²) in [4.78, 5) is 37.7. The van der Waals surface area contributed by atoms with Gasteiger partial charge in [-0.2, -0.15) is 0 Å². The van der Waals surface area contributed by atoms with Crippen LogP contribution < -0.4 is 5.32 Å². The summed E-state index contributed by atoms with van der Waals surface area (Å²) in [6.45, 7) is 1.66. The van der Waals surface area contributed by atoms with E-state index < -0.39 is 17.5 Å². The molecule has 3 amide bonds. The van der Waals surface area contributed by atoms with E-state index in [0.717, 1.165) is 19.3 Å². The van der Waals surface area contributed by atoms with Crippen molar-refractivity contribution >= 4 is 17.9 Å². The highest BCUT2D eigenvalue weighted by Crippen LogP contribution is 2.34. The van der Waals surface area contributed by atoms with Crippen molar-refractivity contribution in [3.8, 4) is 0 Å². The molecule has 0 unspecified atom stereocenters. The molecular weight excluding hydrogens is 300 g/mol. The van der Waals surface area contributed by atoms with Gasteiger partial charge in [0.15, 0.2) is 0 Å². The van der Waals surface area contributed by atoms with Gasteiger partial charge in [0.1, 0.15) is 22.6 Å². The van der Waals surface area contributed by atoms with Crippen molar-refractivity contribution in [1.29, 1.82) is 0 Å². The summed E-state index contributed by atoms with van der Waals surface area (Å²) in [6, 6.07) is 1.12. The van der Waals surface area contributed by atoms with Gasteiger partial charge in [0, 0.05) is 0 Å². The minimum atomic E-state index is -0.748. The molecule has 1 saturated carbocycles. The van der Waals surface area contributed by atoms with Crippen LogP contribution in [0.15, 0.2) is 10.5 Å². The largest absolute Gasteiger partial charge is 0.465 e. The van der Waals surface area contributed by atoms with E-state index in [2.05, 4.69) is 10.1 Å². The van der Waals surface area contributed by atoms with E-state index in [9.17, 15) is 14.4 Å². The molecule has 0 bridgehead atoms. The lowest BCUT2D eigenvalue weighted by Crippen LogP contribution is -2.48. The monoisotopic (exact) mass is 320 g/mol. The van der Waals surface area contributed by atoms with Crippen LogP contribution in [0, 0.1) is 6.92 Å². The minimum absolute atomic E-state index is 0.0181. The normalized spacial score (nSPS) is 20.0. The number of imide groups is 1. The predicted octanol–water partition coefficient (Wildman–Crippen LogP) is 2.13. The smallest absolute Gasteiger partial charge is 0.341 e. The van der Waals surface area contributed by atoms with E-state index in [1.165, 1.54) is 18.1 Å². The number of rotatable bonds is 3. The molecule has 124 valence electrons. The van der Waals surface area contributed by atoms with Crippen molar-refractivity contribution in [3.63, 3.8) is 0 Å². The number of esters is 1. The van der Waals surface area contributed by atoms with Crippen LogP contribution in [-0.2, 0) is 16.1 Å². The number of nitrogens with one attached hydrogen (secondary N) is 1. The number of ether oxygens (including phenoxy) is 1. The number of hydrogen-bond donors (Lipinski definition) is 1. The van der Waals surface area contributed by atoms with Crippen molar-refractivity contribution in [2.24, 2.45) is 0 Å². The summed E-state index contributed by atoms with van der Waals surface area (Å²) in [5.74, 6) is 0.0971. The van der Waals surface area contributed by atoms with E-state index >= 15 is 0 Å². The molecule has 2 aliphatic rings. The highest BCUT2D eigenvalue weighted by Gasteiger charge is 2.51. The van der Waals surface area contributed by atoms with Gasteiger partial charge < -0.3 is 14.5 Å². The summed E-state index contributed by atoms with van der Waals surface area (Å²) < 4.78 is 10.2.